The van der Waals surface area contributed by atoms with Gasteiger partial charge < -0.3 is 19.1 Å². The first-order valence-electron chi connectivity index (χ1n) is 13.3. The van der Waals surface area contributed by atoms with Crippen molar-refractivity contribution in [2.75, 3.05) is 26.2 Å². The first kappa shape index (κ1) is 26.4. The molecule has 3 heterocycles. The summed E-state index contributed by atoms with van der Waals surface area (Å²) < 4.78 is 11.8. The Morgan fingerprint density at radius 3 is 2.68 bits per heavy atom. The normalized spacial score (nSPS) is 21.9. The lowest BCUT2D eigenvalue weighted by Crippen LogP contribution is -2.60. The molecule has 200 valence electrons. The fourth-order valence-electron chi connectivity index (χ4n) is 5.56. The number of hydrogen-bond acceptors (Lipinski definition) is 5. The van der Waals surface area contributed by atoms with Gasteiger partial charge in [-0.3, -0.25) is 9.59 Å². The summed E-state index contributed by atoms with van der Waals surface area (Å²) in [5.74, 6) is 0.427. The predicted octanol–water partition coefficient (Wildman–Crippen LogP) is 5.69. The van der Waals surface area contributed by atoms with Crippen molar-refractivity contribution in [1.82, 2.24) is 15.0 Å². The molecule has 3 aromatic rings. The number of piperidine rings is 2. The summed E-state index contributed by atoms with van der Waals surface area (Å²) in [4.78, 5) is 31.2. The maximum atomic E-state index is 14.0. The summed E-state index contributed by atoms with van der Waals surface area (Å²) in [7, 11) is 0. The second-order valence-corrected chi connectivity index (χ2v) is 11.4. The van der Waals surface area contributed by atoms with Crippen molar-refractivity contribution < 1.29 is 18.8 Å². The molecule has 7 nitrogen and oxygen atoms in total. The molecule has 2 aliphatic heterocycles. The molecule has 0 saturated carbocycles. The molecule has 0 N–H and O–H groups in total. The van der Waals surface area contributed by atoms with Crippen LogP contribution in [0, 0.1) is 11.3 Å². The zero-order chi connectivity index (χ0) is 26.7. The third-order valence-corrected chi connectivity index (χ3v) is 7.64. The molecule has 2 atom stereocenters. The Kier molecular flexibility index (Phi) is 7.86. The molecule has 2 saturated heterocycles. The van der Waals surface area contributed by atoms with Gasteiger partial charge in [0.1, 0.15) is 5.69 Å². The number of rotatable bonds is 7. The summed E-state index contributed by atoms with van der Waals surface area (Å²) in [5, 5.41) is 4.78. The van der Waals surface area contributed by atoms with E-state index in [-0.39, 0.29) is 23.7 Å². The zero-order valence-corrected chi connectivity index (χ0v) is 22.7. The highest BCUT2D eigenvalue weighted by atomic mass is 35.5. The molecule has 2 aromatic carbocycles. The van der Waals surface area contributed by atoms with Crippen molar-refractivity contribution in [2.45, 2.75) is 45.8 Å². The van der Waals surface area contributed by atoms with Crippen LogP contribution in [0.4, 0.5) is 0 Å². The van der Waals surface area contributed by atoms with E-state index in [2.05, 4.69) is 19.0 Å². The van der Waals surface area contributed by atoms with E-state index in [0.29, 0.717) is 55.8 Å². The van der Waals surface area contributed by atoms with Crippen molar-refractivity contribution >= 4 is 23.4 Å². The van der Waals surface area contributed by atoms with E-state index in [1.165, 1.54) is 0 Å². The van der Waals surface area contributed by atoms with Gasteiger partial charge in [0.15, 0.2) is 0 Å². The maximum absolute atomic E-state index is 14.0. The van der Waals surface area contributed by atoms with Gasteiger partial charge in [0.25, 0.3) is 5.91 Å². The summed E-state index contributed by atoms with van der Waals surface area (Å²) in [6.07, 6.45) is 1.97. The van der Waals surface area contributed by atoms with E-state index in [1.807, 2.05) is 59.5 Å². The van der Waals surface area contributed by atoms with Gasteiger partial charge in [-0.15, -0.1) is 0 Å². The quantitative estimate of drug-likeness (QED) is 0.388. The van der Waals surface area contributed by atoms with Gasteiger partial charge in [-0.25, -0.2) is 0 Å². The number of ether oxygens (including phenoxy) is 1. The second-order valence-electron chi connectivity index (χ2n) is 10.9. The van der Waals surface area contributed by atoms with E-state index in [9.17, 15) is 9.59 Å². The van der Waals surface area contributed by atoms with Crippen LogP contribution < -0.4 is 0 Å². The Hall–Kier alpha value is -3.16. The largest absolute Gasteiger partial charge is 0.376 e. The molecule has 1 aromatic heterocycles. The SMILES string of the molecule is CC(C)CO[C@@H]1CN(Cc2ccc(Cl)cc2)C(=O)[C@]2(CCCN(C(=O)c3cc(-c4ccccc4)no3)C2)C1. The average molecular weight is 536 g/mol. The third kappa shape index (κ3) is 5.79. The number of likely N-dealkylation sites (tertiary alicyclic amines) is 2. The molecule has 0 unspecified atom stereocenters. The molecule has 2 fully saturated rings. The first-order valence-corrected chi connectivity index (χ1v) is 13.7. The monoisotopic (exact) mass is 535 g/mol. The maximum Gasteiger partial charge on any atom is 0.292 e. The molecule has 0 aliphatic carbocycles. The average Bonchev–Trinajstić information content (AvgIpc) is 3.42. The minimum Gasteiger partial charge on any atom is -0.376 e. The summed E-state index contributed by atoms with van der Waals surface area (Å²) in [6.45, 7) is 6.80. The number of carbonyl (C=O) groups is 2. The minimum atomic E-state index is -0.692. The number of benzene rings is 2. The van der Waals surface area contributed by atoms with Gasteiger partial charge in [-0.2, -0.15) is 0 Å². The van der Waals surface area contributed by atoms with E-state index in [1.54, 1.807) is 11.0 Å². The molecule has 8 heteroatoms. The Balaban J connectivity index is 1.36. The molecule has 38 heavy (non-hydrogen) atoms. The fraction of sp³-hybridized carbons (Fsp3) is 0.433. The zero-order valence-electron chi connectivity index (χ0n) is 21.9. The smallest absolute Gasteiger partial charge is 0.292 e. The summed E-state index contributed by atoms with van der Waals surface area (Å²) in [6, 6.07) is 18.9. The fourth-order valence-corrected chi connectivity index (χ4v) is 5.69. The number of amides is 2. The highest BCUT2D eigenvalue weighted by Crippen LogP contribution is 2.41. The van der Waals surface area contributed by atoms with Gasteiger partial charge in [-0.05, 0) is 42.9 Å². The van der Waals surface area contributed by atoms with Gasteiger partial charge in [0, 0.05) is 49.4 Å². The topological polar surface area (TPSA) is 75.9 Å². The van der Waals surface area contributed by atoms with Crippen LogP contribution >= 0.6 is 11.6 Å². The second kappa shape index (κ2) is 11.3. The number of halogens is 1. The van der Waals surface area contributed by atoms with Gasteiger partial charge >= 0.3 is 0 Å². The van der Waals surface area contributed by atoms with Crippen LogP contribution in [0.15, 0.2) is 65.2 Å². The summed E-state index contributed by atoms with van der Waals surface area (Å²) in [5.41, 5.74) is 1.82. The van der Waals surface area contributed by atoms with Gasteiger partial charge in [0.2, 0.25) is 11.7 Å². The Bertz CT molecular complexity index is 1260. The predicted molar refractivity (Wildman–Crippen MR) is 146 cm³/mol. The Morgan fingerprint density at radius 2 is 1.95 bits per heavy atom. The molecule has 2 aliphatic rings. The van der Waals surface area contributed by atoms with Crippen molar-refractivity contribution in [3.05, 3.63) is 77.0 Å². The third-order valence-electron chi connectivity index (χ3n) is 7.39. The van der Waals surface area contributed by atoms with Crippen molar-refractivity contribution in [3.63, 3.8) is 0 Å². The van der Waals surface area contributed by atoms with Crippen molar-refractivity contribution in [3.8, 4) is 11.3 Å². The molecule has 1 spiro atoms. The van der Waals surface area contributed by atoms with Crippen molar-refractivity contribution in [2.24, 2.45) is 11.3 Å². The van der Waals surface area contributed by atoms with Crippen LogP contribution in [0.25, 0.3) is 11.3 Å². The van der Waals surface area contributed by atoms with Gasteiger partial charge in [-0.1, -0.05) is 73.1 Å². The van der Waals surface area contributed by atoms with Crippen LogP contribution in [0.2, 0.25) is 5.02 Å². The number of hydrogen-bond donors (Lipinski definition) is 0. The van der Waals surface area contributed by atoms with E-state index >= 15 is 0 Å². The highest BCUT2D eigenvalue weighted by molar-refractivity contribution is 6.30. The number of carbonyl (C=O) groups excluding carboxylic acids is 2. The first-order chi connectivity index (χ1) is 18.3. The van der Waals surface area contributed by atoms with Crippen LogP contribution in [0.5, 0.6) is 0 Å². The van der Waals surface area contributed by atoms with Crippen LogP contribution in [0.1, 0.15) is 49.2 Å². The molecule has 0 bridgehead atoms. The van der Waals surface area contributed by atoms with E-state index < -0.39 is 5.41 Å². The molecular formula is C30H34ClN3O4. The standard InChI is InChI=1S/C30H34ClN3O4/c1-21(2)19-37-25-16-30(29(36)34(18-25)17-22-9-11-24(31)12-10-22)13-6-14-33(20-30)28(35)27-15-26(32-38-27)23-7-4-3-5-8-23/h3-5,7-12,15,21,25H,6,13-14,16-20H2,1-2H3/t25-,30+/m0/s1. The minimum absolute atomic E-state index is 0.0805. The Labute approximate surface area is 228 Å². The molecule has 2 amide bonds. The number of nitrogens with zero attached hydrogens (tertiary/aromatic N) is 3. The van der Waals surface area contributed by atoms with Gasteiger partial charge in [0.05, 0.1) is 11.5 Å². The van der Waals surface area contributed by atoms with Crippen LogP contribution in [-0.2, 0) is 16.1 Å². The lowest BCUT2D eigenvalue weighted by molar-refractivity contribution is -0.160. The van der Waals surface area contributed by atoms with Crippen molar-refractivity contribution in [1.29, 1.82) is 0 Å². The molecular weight excluding hydrogens is 502 g/mol. The summed E-state index contributed by atoms with van der Waals surface area (Å²) >= 11 is 6.08. The van der Waals surface area contributed by atoms with E-state index in [4.69, 9.17) is 20.9 Å². The lowest BCUT2D eigenvalue weighted by atomic mass is 9.72. The number of aromatic nitrogens is 1. The highest BCUT2D eigenvalue weighted by Gasteiger charge is 2.50. The molecule has 5 rings (SSSR count). The van der Waals surface area contributed by atoms with Crippen LogP contribution in [0.3, 0.4) is 0 Å². The Morgan fingerprint density at radius 1 is 1.18 bits per heavy atom. The van der Waals surface area contributed by atoms with E-state index in [0.717, 1.165) is 24.0 Å². The van der Waals surface area contributed by atoms with Crippen LogP contribution in [-0.4, -0.2) is 59.1 Å². The molecule has 0 radical (unpaired) electrons. The lowest BCUT2D eigenvalue weighted by Gasteiger charge is -2.49.